The van der Waals surface area contributed by atoms with E-state index in [0.29, 0.717) is 39.0 Å². The average Bonchev–Trinajstić information content (AvgIpc) is 2.94. The molecule has 2 aromatic carbocycles. The van der Waals surface area contributed by atoms with E-state index in [1.54, 1.807) is 31.2 Å². The molecule has 5 nitrogen and oxygen atoms in total. The van der Waals surface area contributed by atoms with Crippen LogP contribution in [0, 0.1) is 6.92 Å². The molecule has 26 heavy (non-hydrogen) atoms. The Morgan fingerprint density at radius 1 is 1.12 bits per heavy atom. The number of carbonyl (C=O) groups is 2. The Morgan fingerprint density at radius 3 is 2.58 bits per heavy atom. The zero-order valence-corrected chi connectivity index (χ0v) is 15.7. The summed E-state index contributed by atoms with van der Waals surface area (Å²) in [6.07, 6.45) is 0. The highest BCUT2D eigenvalue weighted by Gasteiger charge is 2.21. The van der Waals surface area contributed by atoms with Crippen LogP contribution < -0.4 is 10.6 Å². The van der Waals surface area contributed by atoms with Crippen LogP contribution in [0.25, 0.3) is 11.0 Å². The van der Waals surface area contributed by atoms with Crippen molar-refractivity contribution in [1.29, 1.82) is 0 Å². The van der Waals surface area contributed by atoms with Crippen LogP contribution in [0.4, 0.5) is 5.69 Å². The molecule has 0 saturated carbocycles. The van der Waals surface area contributed by atoms with Gasteiger partial charge in [0, 0.05) is 22.5 Å². The fraction of sp³-hybridized carbons (Fsp3) is 0.158. The minimum Gasteiger partial charge on any atom is -0.449 e. The number of nitrogens with one attached hydrogen (secondary N) is 2. The monoisotopic (exact) mass is 390 g/mol. The minimum atomic E-state index is -0.484. The summed E-state index contributed by atoms with van der Waals surface area (Å²) >= 11 is 12.2. The lowest BCUT2D eigenvalue weighted by atomic mass is 10.1. The minimum absolute atomic E-state index is 0.134. The number of para-hydroxylation sites is 1. The van der Waals surface area contributed by atoms with Gasteiger partial charge in [0.2, 0.25) is 0 Å². The van der Waals surface area contributed by atoms with Gasteiger partial charge in [-0.3, -0.25) is 9.59 Å². The van der Waals surface area contributed by atoms with E-state index in [9.17, 15) is 9.59 Å². The first-order chi connectivity index (χ1) is 12.4. The average molecular weight is 391 g/mol. The van der Waals surface area contributed by atoms with Crippen LogP contribution in [0.5, 0.6) is 0 Å². The van der Waals surface area contributed by atoms with Crippen molar-refractivity contribution in [3.8, 4) is 0 Å². The Hall–Kier alpha value is -2.50. The number of halogens is 2. The number of anilines is 1. The van der Waals surface area contributed by atoms with E-state index in [1.807, 2.05) is 13.0 Å². The zero-order chi connectivity index (χ0) is 18.8. The number of fused-ring (bicyclic) bond motifs is 1. The Bertz CT molecular complexity index is 1010. The second-order valence-corrected chi connectivity index (χ2v) is 6.52. The third-order valence-electron chi connectivity index (χ3n) is 3.93. The van der Waals surface area contributed by atoms with Gasteiger partial charge in [0.25, 0.3) is 11.8 Å². The second-order valence-electron chi connectivity index (χ2n) is 5.68. The second kappa shape index (κ2) is 7.40. The molecule has 0 aliphatic heterocycles. The molecular formula is C19H16Cl2N2O3. The zero-order valence-electron chi connectivity index (χ0n) is 14.2. The summed E-state index contributed by atoms with van der Waals surface area (Å²) in [5.74, 6) is -0.652. The summed E-state index contributed by atoms with van der Waals surface area (Å²) in [7, 11) is 0. The molecule has 0 fully saturated rings. The van der Waals surface area contributed by atoms with Crippen molar-refractivity contribution in [3.05, 3.63) is 63.3 Å². The third-order valence-corrected chi connectivity index (χ3v) is 4.47. The van der Waals surface area contributed by atoms with E-state index < -0.39 is 5.91 Å². The van der Waals surface area contributed by atoms with Gasteiger partial charge in [-0.25, -0.2) is 0 Å². The van der Waals surface area contributed by atoms with Gasteiger partial charge in [-0.2, -0.15) is 0 Å². The molecule has 2 N–H and O–H groups in total. The molecule has 1 heterocycles. The summed E-state index contributed by atoms with van der Waals surface area (Å²) in [6, 6.07) is 9.99. The molecule has 0 saturated heterocycles. The predicted molar refractivity (Wildman–Crippen MR) is 103 cm³/mol. The highest BCUT2D eigenvalue weighted by Crippen LogP contribution is 2.31. The van der Waals surface area contributed by atoms with E-state index in [-0.39, 0.29) is 11.7 Å². The Kier molecular flexibility index (Phi) is 5.20. The van der Waals surface area contributed by atoms with Crippen LogP contribution in [0.2, 0.25) is 10.0 Å². The summed E-state index contributed by atoms with van der Waals surface area (Å²) in [6.45, 7) is 4.06. The summed E-state index contributed by atoms with van der Waals surface area (Å²) in [5, 5.41) is 7.00. The molecule has 1 aromatic heterocycles. The van der Waals surface area contributed by atoms with Crippen LogP contribution >= 0.6 is 23.2 Å². The maximum Gasteiger partial charge on any atom is 0.291 e. The summed E-state index contributed by atoms with van der Waals surface area (Å²) < 4.78 is 5.66. The van der Waals surface area contributed by atoms with E-state index in [0.717, 1.165) is 5.39 Å². The van der Waals surface area contributed by atoms with Gasteiger partial charge in [0.15, 0.2) is 11.3 Å². The van der Waals surface area contributed by atoms with E-state index in [4.69, 9.17) is 27.6 Å². The summed E-state index contributed by atoms with van der Waals surface area (Å²) in [4.78, 5) is 24.9. The lowest BCUT2D eigenvalue weighted by Crippen LogP contribution is -2.24. The molecule has 2 amide bonds. The van der Waals surface area contributed by atoms with Crippen molar-refractivity contribution in [2.75, 3.05) is 11.9 Å². The standard InChI is InChI=1S/C19H16Cl2N2O3/c1-3-22-18(24)13-8-7-11(20)9-15(13)23-19(25)16-10(2)12-5-4-6-14(21)17(12)26-16/h4-9H,3H2,1-2H3,(H,22,24)(H,23,25). The number of aryl methyl sites for hydroxylation is 1. The number of carbonyl (C=O) groups excluding carboxylic acids is 2. The number of furan rings is 1. The Balaban J connectivity index is 1.98. The molecule has 7 heteroatoms. The SMILES string of the molecule is CCNC(=O)c1ccc(Cl)cc1NC(=O)c1oc2c(Cl)cccc2c1C. The highest BCUT2D eigenvalue weighted by molar-refractivity contribution is 6.35. The van der Waals surface area contributed by atoms with Gasteiger partial charge in [0.1, 0.15) is 0 Å². The number of amides is 2. The van der Waals surface area contributed by atoms with E-state index in [1.165, 1.54) is 6.07 Å². The largest absolute Gasteiger partial charge is 0.449 e. The van der Waals surface area contributed by atoms with Gasteiger partial charge in [-0.1, -0.05) is 35.3 Å². The summed E-state index contributed by atoms with van der Waals surface area (Å²) in [5.41, 5.74) is 1.74. The molecule has 0 aliphatic rings. The Morgan fingerprint density at radius 2 is 1.88 bits per heavy atom. The van der Waals surface area contributed by atoms with Crippen molar-refractivity contribution in [2.24, 2.45) is 0 Å². The number of hydrogen-bond acceptors (Lipinski definition) is 3. The first-order valence-electron chi connectivity index (χ1n) is 7.99. The lowest BCUT2D eigenvalue weighted by Gasteiger charge is -2.11. The fourth-order valence-corrected chi connectivity index (χ4v) is 3.06. The van der Waals surface area contributed by atoms with Crippen LogP contribution in [0.15, 0.2) is 40.8 Å². The molecule has 0 bridgehead atoms. The number of benzene rings is 2. The van der Waals surface area contributed by atoms with E-state index >= 15 is 0 Å². The molecule has 0 spiro atoms. The number of rotatable bonds is 4. The van der Waals surface area contributed by atoms with Crippen LogP contribution in [0.3, 0.4) is 0 Å². The molecule has 0 unspecified atom stereocenters. The molecular weight excluding hydrogens is 375 g/mol. The maximum absolute atomic E-state index is 12.7. The molecule has 3 rings (SSSR count). The van der Waals surface area contributed by atoms with Gasteiger partial charge in [0.05, 0.1) is 16.3 Å². The van der Waals surface area contributed by atoms with Crippen LogP contribution in [-0.2, 0) is 0 Å². The molecule has 0 aliphatic carbocycles. The van der Waals surface area contributed by atoms with Crippen molar-refractivity contribution in [3.63, 3.8) is 0 Å². The fourth-order valence-electron chi connectivity index (χ4n) is 2.68. The first-order valence-corrected chi connectivity index (χ1v) is 8.74. The van der Waals surface area contributed by atoms with Crippen LogP contribution in [0.1, 0.15) is 33.4 Å². The molecule has 134 valence electrons. The predicted octanol–water partition coefficient (Wildman–Crippen LogP) is 5.05. The highest BCUT2D eigenvalue weighted by atomic mass is 35.5. The van der Waals surface area contributed by atoms with Gasteiger partial charge >= 0.3 is 0 Å². The lowest BCUT2D eigenvalue weighted by molar-refractivity contribution is 0.0956. The van der Waals surface area contributed by atoms with Gasteiger partial charge < -0.3 is 15.1 Å². The van der Waals surface area contributed by atoms with Crippen LogP contribution in [-0.4, -0.2) is 18.4 Å². The first kappa shape index (κ1) is 18.3. The van der Waals surface area contributed by atoms with Crippen molar-refractivity contribution in [2.45, 2.75) is 13.8 Å². The van der Waals surface area contributed by atoms with Crippen molar-refractivity contribution in [1.82, 2.24) is 5.32 Å². The Labute approximate surface area is 160 Å². The van der Waals surface area contributed by atoms with Crippen molar-refractivity contribution < 1.29 is 14.0 Å². The maximum atomic E-state index is 12.7. The smallest absolute Gasteiger partial charge is 0.291 e. The van der Waals surface area contributed by atoms with Crippen molar-refractivity contribution >= 4 is 51.7 Å². The normalized spacial score (nSPS) is 10.8. The van der Waals surface area contributed by atoms with Gasteiger partial charge in [-0.05, 0) is 38.1 Å². The number of hydrogen-bond donors (Lipinski definition) is 2. The third kappa shape index (κ3) is 3.41. The molecule has 0 radical (unpaired) electrons. The van der Waals surface area contributed by atoms with Gasteiger partial charge in [-0.15, -0.1) is 0 Å². The quantitative estimate of drug-likeness (QED) is 0.654. The topological polar surface area (TPSA) is 71.3 Å². The van der Waals surface area contributed by atoms with E-state index in [2.05, 4.69) is 10.6 Å². The molecule has 3 aromatic rings. The molecule has 0 atom stereocenters.